The first-order valence-electron chi connectivity index (χ1n) is 13.9. The van der Waals surface area contributed by atoms with E-state index in [1.54, 1.807) is 31.4 Å². The van der Waals surface area contributed by atoms with Gasteiger partial charge in [0.2, 0.25) is 17.6 Å². The SMILES string of the molecule is C=CC(=O)Nc1cc(Nc2nccc(C(=O)c3ccc(N4CCCC(O)C4)cc3)n2)c(OC)cc1N(C)CCN(C)C. The van der Waals surface area contributed by atoms with E-state index < -0.39 is 0 Å². The van der Waals surface area contributed by atoms with Crippen LogP contribution in [-0.2, 0) is 4.79 Å². The molecule has 0 radical (unpaired) electrons. The summed E-state index contributed by atoms with van der Waals surface area (Å²) in [6.45, 7) is 6.55. The Morgan fingerprint density at radius 3 is 2.57 bits per heavy atom. The Balaban J connectivity index is 1.57. The molecule has 1 unspecified atom stereocenters. The number of carbonyl (C=O) groups is 2. The average Bonchev–Trinajstić information content (AvgIpc) is 2.99. The molecule has 2 aromatic carbocycles. The van der Waals surface area contributed by atoms with E-state index >= 15 is 0 Å². The third kappa shape index (κ3) is 7.62. The number of hydrogen-bond acceptors (Lipinski definition) is 10. The predicted molar refractivity (Wildman–Crippen MR) is 166 cm³/mol. The number of nitrogens with zero attached hydrogens (tertiary/aromatic N) is 5. The zero-order valence-electron chi connectivity index (χ0n) is 24.6. The highest BCUT2D eigenvalue weighted by Gasteiger charge is 2.20. The number of ketones is 1. The summed E-state index contributed by atoms with van der Waals surface area (Å²) in [6.07, 6.45) is 4.14. The van der Waals surface area contributed by atoms with Gasteiger partial charge in [0.1, 0.15) is 11.4 Å². The maximum Gasteiger partial charge on any atom is 0.247 e. The van der Waals surface area contributed by atoms with Gasteiger partial charge in [-0.05, 0) is 69.4 Å². The standard InChI is InChI=1S/C31H39N7O4/c1-6-29(40)33-25-18-26(28(42-5)19-27(25)37(4)17-16-36(2)3)35-31-32-14-13-24(34-31)30(41)21-9-11-22(12-10-21)38-15-7-8-23(39)20-38/h6,9-14,18-19,23,39H,1,7-8,15-17,20H2,2-5H3,(H,33,40)(H,32,34,35). The number of benzene rings is 2. The van der Waals surface area contributed by atoms with Gasteiger partial charge in [-0.15, -0.1) is 0 Å². The van der Waals surface area contributed by atoms with Crippen molar-refractivity contribution in [3.8, 4) is 5.75 Å². The van der Waals surface area contributed by atoms with Gasteiger partial charge in [0.25, 0.3) is 0 Å². The largest absolute Gasteiger partial charge is 0.494 e. The Bertz CT molecular complexity index is 1410. The van der Waals surface area contributed by atoms with Gasteiger partial charge in [-0.25, -0.2) is 9.97 Å². The van der Waals surface area contributed by atoms with Crippen LogP contribution in [0.15, 0.2) is 61.3 Å². The quantitative estimate of drug-likeness (QED) is 0.219. The molecular weight excluding hydrogens is 534 g/mol. The highest BCUT2D eigenvalue weighted by atomic mass is 16.5. The maximum atomic E-state index is 13.3. The molecule has 3 N–H and O–H groups in total. The lowest BCUT2D eigenvalue weighted by Gasteiger charge is -2.32. The molecule has 0 bridgehead atoms. The Morgan fingerprint density at radius 1 is 1.14 bits per heavy atom. The first-order valence-corrected chi connectivity index (χ1v) is 13.9. The molecule has 11 heteroatoms. The van der Waals surface area contributed by atoms with Gasteiger partial charge in [0.05, 0.1) is 30.3 Å². The van der Waals surface area contributed by atoms with Crippen molar-refractivity contribution in [1.82, 2.24) is 14.9 Å². The van der Waals surface area contributed by atoms with Crippen molar-refractivity contribution in [3.63, 3.8) is 0 Å². The van der Waals surface area contributed by atoms with E-state index in [2.05, 4.69) is 37.0 Å². The van der Waals surface area contributed by atoms with E-state index in [0.29, 0.717) is 35.8 Å². The number of ether oxygens (including phenoxy) is 1. The Labute approximate surface area is 246 Å². The van der Waals surface area contributed by atoms with Gasteiger partial charge < -0.3 is 35.2 Å². The maximum absolute atomic E-state index is 13.3. The normalized spacial score (nSPS) is 14.8. The summed E-state index contributed by atoms with van der Waals surface area (Å²) >= 11 is 0. The molecule has 1 aromatic heterocycles. The molecule has 11 nitrogen and oxygen atoms in total. The number of nitrogens with one attached hydrogen (secondary N) is 2. The third-order valence-corrected chi connectivity index (χ3v) is 7.08. The van der Waals surface area contributed by atoms with Crippen LogP contribution in [0.5, 0.6) is 5.75 Å². The van der Waals surface area contributed by atoms with E-state index in [1.807, 2.05) is 44.2 Å². The first kappa shape index (κ1) is 30.5. The van der Waals surface area contributed by atoms with Crippen LogP contribution in [0.1, 0.15) is 28.9 Å². The van der Waals surface area contributed by atoms with Crippen LogP contribution in [0.4, 0.5) is 28.7 Å². The molecule has 1 fully saturated rings. The minimum absolute atomic E-state index is 0.202. The second kappa shape index (κ2) is 13.9. The van der Waals surface area contributed by atoms with Crippen LogP contribution in [0.3, 0.4) is 0 Å². The molecule has 42 heavy (non-hydrogen) atoms. The van der Waals surface area contributed by atoms with Crippen LogP contribution < -0.4 is 25.2 Å². The van der Waals surface area contributed by atoms with Gasteiger partial charge in [0, 0.05) is 56.7 Å². The third-order valence-electron chi connectivity index (χ3n) is 7.08. The monoisotopic (exact) mass is 573 g/mol. The van der Waals surface area contributed by atoms with Gasteiger partial charge >= 0.3 is 0 Å². The number of aliphatic hydroxyl groups is 1. The number of carbonyl (C=O) groups excluding carboxylic acids is 2. The number of anilines is 5. The summed E-state index contributed by atoms with van der Waals surface area (Å²) in [4.78, 5) is 40.5. The summed E-state index contributed by atoms with van der Waals surface area (Å²) in [5, 5.41) is 16.0. The molecule has 0 saturated carbocycles. The van der Waals surface area contributed by atoms with E-state index in [1.165, 1.54) is 12.3 Å². The van der Waals surface area contributed by atoms with Crippen molar-refractivity contribution in [2.45, 2.75) is 18.9 Å². The smallest absolute Gasteiger partial charge is 0.247 e. The number of hydrogen-bond donors (Lipinski definition) is 3. The van der Waals surface area contributed by atoms with Crippen LogP contribution in [0.25, 0.3) is 0 Å². The fourth-order valence-corrected chi connectivity index (χ4v) is 4.73. The van der Waals surface area contributed by atoms with Crippen LogP contribution in [-0.4, -0.2) is 92.2 Å². The summed E-state index contributed by atoms with van der Waals surface area (Å²) in [7, 11) is 7.49. The molecule has 0 aliphatic carbocycles. The molecule has 1 amide bonds. The first-order chi connectivity index (χ1) is 20.2. The number of aliphatic hydroxyl groups excluding tert-OH is 1. The minimum atomic E-state index is -0.347. The molecule has 1 aliphatic heterocycles. The van der Waals surface area contributed by atoms with Crippen LogP contribution >= 0.6 is 0 Å². The van der Waals surface area contributed by atoms with Crippen molar-refractivity contribution in [2.24, 2.45) is 0 Å². The second-order valence-corrected chi connectivity index (χ2v) is 10.5. The lowest BCUT2D eigenvalue weighted by molar-refractivity contribution is -0.111. The minimum Gasteiger partial charge on any atom is -0.494 e. The molecular formula is C31H39N7O4. The molecule has 0 spiro atoms. The van der Waals surface area contributed by atoms with E-state index in [0.717, 1.165) is 37.3 Å². The Hall–Kier alpha value is -4.48. The predicted octanol–water partition coefficient (Wildman–Crippen LogP) is 3.54. The molecule has 2 heterocycles. The number of methoxy groups -OCH3 is 1. The number of amides is 1. The molecule has 1 atom stereocenters. The topological polar surface area (TPSA) is 123 Å². The highest BCUT2D eigenvalue weighted by molar-refractivity contribution is 6.08. The summed E-state index contributed by atoms with van der Waals surface area (Å²) < 4.78 is 5.66. The van der Waals surface area contributed by atoms with Gasteiger partial charge in [-0.1, -0.05) is 6.58 Å². The summed E-state index contributed by atoms with van der Waals surface area (Å²) in [5.41, 5.74) is 3.53. The number of β-amino-alcohol motifs (C(OH)–C–C–N with tert-alkyl or cyclic N) is 1. The van der Waals surface area contributed by atoms with Crippen molar-refractivity contribution < 1.29 is 19.4 Å². The molecule has 1 aliphatic rings. The fraction of sp³-hybridized carbons (Fsp3) is 0.355. The van der Waals surface area contributed by atoms with Crippen molar-refractivity contribution >= 4 is 40.4 Å². The van der Waals surface area contributed by atoms with Gasteiger partial charge in [-0.2, -0.15) is 0 Å². The van der Waals surface area contributed by atoms with Gasteiger partial charge in [-0.3, -0.25) is 9.59 Å². The highest BCUT2D eigenvalue weighted by Crippen LogP contribution is 2.38. The van der Waals surface area contributed by atoms with Crippen molar-refractivity contribution in [2.75, 3.05) is 74.9 Å². The molecule has 3 aromatic rings. The van der Waals surface area contributed by atoms with Crippen molar-refractivity contribution in [1.29, 1.82) is 0 Å². The van der Waals surface area contributed by atoms with E-state index in [9.17, 15) is 14.7 Å². The van der Waals surface area contributed by atoms with Crippen molar-refractivity contribution in [3.05, 3.63) is 72.6 Å². The number of rotatable bonds is 12. The van der Waals surface area contributed by atoms with E-state index in [4.69, 9.17) is 4.74 Å². The lowest BCUT2D eigenvalue weighted by Crippen LogP contribution is -2.38. The zero-order valence-corrected chi connectivity index (χ0v) is 24.6. The molecule has 1 saturated heterocycles. The number of aromatic nitrogens is 2. The average molecular weight is 574 g/mol. The number of likely N-dealkylation sites (N-methyl/N-ethyl adjacent to an activating group) is 2. The second-order valence-electron chi connectivity index (χ2n) is 10.5. The lowest BCUT2D eigenvalue weighted by atomic mass is 10.0. The van der Waals surface area contributed by atoms with E-state index in [-0.39, 0.29) is 29.4 Å². The summed E-state index contributed by atoms with van der Waals surface area (Å²) in [5.74, 6) is 0.124. The van der Waals surface area contributed by atoms with Gasteiger partial charge in [0.15, 0.2) is 0 Å². The Morgan fingerprint density at radius 2 is 1.90 bits per heavy atom. The fourth-order valence-electron chi connectivity index (χ4n) is 4.73. The number of piperidine rings is 1. The zero-order chi connectivity index (χ0) is 30.2. The molecule has 4 rings (SSSR count). The summed E-state index contributed by atoms with van der Waals surface area (Å²) in [6, 6.07) is 12.5. The van der Waals surface area contributed by atoms with Crippen LogP contribution in [0, 0.1) is 0 Å². The van der Waals surface area contributed by atoms with Crippen LogP contribution in [0.2, 0.25) is 0 Å². The Kier molecular flexibility index (Phi) is 10.1. The molecule has 222 valence electrons.